The van der Waals surface area contributed by atoms with Gasteiger partial charge in [0.2, 0.25) is 0 Å². The molecule has 0 radical (unpaired) electrons. The molecule has 1 aromatic carbocycles. The van der Waals surface area contributed by atoms with Crippen molar-refractivity contribution in [2.75, 3.05) is 11.9 Å². The van der Waals surface area contributed by atoms with Crippen molar-refractivity contribution in [3.05, 3.63) is 41.9 Å². The number of nitrogens with zero attached hydrogens (tertiary/aromatic N) is 4. The van der Waals surface area contributed by atoms with Crippen LogP contribution in [-0.2, 0) is 6.54 Å². The number of aryl methyl sites for hydroxylation is 1. The van der Waals surface area contributed by atoms with Crippen molar-refractivity contribution in [3.8, 4) is 0 Å². The smallest absolute Gasteiger partial charge is 0.335 e. The highest BCUT2D eigenvalue weighted by Crippen LogP contribution is 2.25. The summed E-state index contributed by atoms with van der Waals surface area (Å²) in [7, 11) is 0. The molecule has 3 N–H and O–H groups in total. The normalized spacial score (nSPS) is 10.9. The second-order valence-corrected chi connectivity index (χ2v) is 5.01. The van der Waals surface area contributed by atoms with Gasteiger partial charge in [0.15, 0.2) is 5.65 Å². The average Bonchev–Trinajstić information content (AvgIpc) is 2.94. The van der Waals surface area contributed by atoms with E-state index >= 15 is 0 Å². The number of aromatic nitrogens is 4. The quantitative estimate of drug-likeness (QED) is 0.655. The number of fused-ring (bicyclic) bond motifs is 1. The molecule has 0 amide bonds. The van der Waals surface area contributed by atoms with Crippen LogP contribution in [0.3, 0.4) is 0 Å². The van der Waals surface area contributed by atoms with Crippen LogP contribution in [0.4, 0.5) is 11.5 Å². The molecular weight excluding hydrogens is 298 g/mol. The Morgan fingerprint density at radius 1 is 1.35 bits per heavy atom. The van der Waals surface area contributed by atoms with Crippen LogP contribution < -0.4 is 5.32 Å². The first kappa shape index (κ1) is 14.9. The molecule has 0 fully saturated rings. The molecular formula is C15H15N5O3. The number of carboxylic acid groups (broad SMARTS) is 1. The number of carbonyl (C=O) groups is 1. The second kappa shape index (κ2) is 6.01. The number of aliphatic hydroxyl groups is 1. The molecule has 23 heavy (non-hydrogen) atoms. The maximum Gasteiger partial charge on any atom is 0.335 e. The van der Waals surface area contributed by atoms with E-state index in [4.69, 9.17) is 10.2 Å². The molecule has 0 saturated carbocycles. The summed E-state index contributed by atoms with van der Waals surface area (Å²) in [6.45, 7) is 2.18. The van der Waals surface area contributed by atoms with Crippen LogP contribution in [0.1, 0.15) is 15.9 Å². The lowest BCUT2D eigenvalue weighted by atomic mass is 10.1. The first-order valence-corrected chi connectivity index (χ1v) is 6.98. The van der Waals surface area contributed by atoms with Crippen molar-refractivity contribution in [2.45, 2.75) is 13.5 Å². The molecule has 0 spiro atoms. The molecule has 8 heteroatoms. The molecule has 0 atom stereocenters. The molecule has 3 aromatic rings. The van der Waals surface area contributed by atoms with Crippen LogP contribution >= 0.6 is 0 Å². The van der Waals surface area contributed by atoms with Crippen LogP contribution in [-0.4, -0.2) is 42.5 Å². The molecule has 0 aliphatic heterocycles. The van der Waals surface area contributed by atoms with E-state index in [2.05, 4.69) is 20.4 Å². The first-order valence-electron chi connectivity index (χ1n) is 6.98. The van der Waals surface area contributed by atoms with Gasteiger partial charge in [0.25, 0.3) is 0 Å². The third-order valence-corrected chi connectivity index (χ3v) is 3.48. The molecule has 0 aliphatic rings. The lowest BCUT2D eigenvalue weighted by molar-refractivity contribution is 0.0697. The summed E-state index contributed by atoms with van der Waals surface area (Å²) in [4.78, 5) is 19.5. The van der Waals surface area contributed by atoms with Crippen LogP contribution in [0.2, 0.25) is 0 Å². The molecule has 0 unspecified atom stereocenters. The van der Waals surface area contributed by atoms with Crippen molar-refractivity contribution in [3.63, 3.8) is 0 Å². The zero-order valence-electron chi connectivity index (χ0n) is 12.4. The van der Waals surface area contributed by atoms with E-state index in [9.17, 15) is 4.79 Å². The van der Waals surface area contributed by atoms with Crippen molar-refractivity contribution in [2.24, 2.45) is 0 Å². The van der Waals surface area contributed by atoms with E-state index < -0.39 is 5.97 Å². The van der Waals surface area contributed by atoms with E-state index in [1.165, 1.54) is 6.33 Å². The Morgan fingerprint density at radius 3 is 2.91 bits per heavy atom. The van der Waals surface area contributed by atoms with E-state index in [0.29, 0.717) is 29.1 Å². The van der Waals surface area contributed by atoms with Gasteiger partial charge in [-0.25, -0.2) is 19.4 Å². The minimum absolute atomic E-state index is 0.0384. The molecule has 0 bridgehead atoms. The van der Waals surface area contributed by atoms with Gasteiger partial charge in [0, 0.05) is 5.69 Å². The van der Waals surface area contributed by atoms with Gasteiger partial charge in [0.05, 0.1) is 30.3 Å². The van der Waals surface area contributed by atoms with Crippen LogP contribution in [0.25, 0.3) is 11.0 Å². The standard InChI is InChI=1S/C15H15N5O3/c1-9-2-3-10(15(22)23)6-12(9)19-13-11-7-18-20(4-5-21)14(11)17-8-16-13/h2-3,6-8,21H,4-5H2,1H3,(H,22,23)(H,16,17,19). The summed E-state index contributed by atoms with van der Waals surface area (Å²) >= 11 is 0. The van der Waals surface area contributed by atoms with E-state index in [1.54, 1.807) is 29.1 Å². The van der Waals surface area contributed by atoms with Crippen molar-refractivity contribution in [1.29, 1.82) is 0 Å². The van der Waals surface area contributed by atoms with Crippen LogP contribution in [0.15, 0.2) is 30.7 Å². The monoisotopic (exact) mass is 313 g/mol. The highest BCUT2D eigenvalue weighted by molar-refractivity contribution is 5.91. The fourth-order valence-electron chi connectivity index (χ4n) is 2.27. The van der Waals surface area contributed by atoms with Gasteiger partial charge in [-0.15, -0.1) is 0 Å². The van der Waals surface area contributed by atoms with Crippen LogP contribution in [0.5, 0.6) is 0 Å². The number of nitrogens with one attached hydrogen (secondary N) is 1. The SMILES string of the molecule is Cc1ccc(C(=O)O)cc1Nc1ncnc2c1cnn2CCO. The number of hydrogen-bond acceptors (Lipinski definition) is 6. The fraction of sp³-hybridized carbons (Fsp3) is 0.200. The number of hydrogen-bond donors (Lipinski definition) is 3. The number of rotatable bonds is 5. The molecule has 0 saturated heterocycles. The fourth-order valence-corrected chi connectivity index (χ4v) is 2.27. The lowest BCUT2D eigenvalue weighted by Gasteiger charge is -2.10. The molecule has 8 nitrogen and oxygen atoms in total. The topological polar surface area (TPSA) is 113 Å². The first-order chi connectivity index (χ1) is 11.1. The number of aromatic carboxylic acids is 1. The van der Waals surface area contributed by atoms with Gasteiger partial charge in [-0.3, -0.25) is 0 Å². The number of carboxylic acids is 1. The van der Waals surface area contributed by atoms with E-state index in [1.807, 2.05) is 6.92 Å². The van der Waals surface area contributed by atoms with Crippen molar-refractivity contribution < 1.29 is 15.0 Å². The average molecular weight is 313 g/mol. The number of aliphatic hydroxyl groups excluding tert-OH is 1. The summed E-state index contributed by atoms with van der Waals surface area (Å²) in [5.41, 5.74) is 2.34. The van der Waals surface area contributed by atoms with Crippen molar-refractivity contribution >= 4 is 28.5 Å². The summed E-state index contributed by atoms with van der Waals surface area (Å²) < 4.78 is 1.59. The van der Waals surface area contributed by atoms with E-state index in [-0.39, 0.29) is 12.2 Å². The third-order valence-electron chi connectivity index (χ3n) is 3.48. The van der Waals surface area contributed by atoms with Crippen molar-refractivity contribution in [1.82, 2.24) is 19.7 Å². The predicted octanol–water partition coefficient (Wildman–Crippen LogP) is 1.57. The van der Waals surface area contributed by atoms with E-state index in [0.717, 1.165) is 5.56 Å². The van der Waals surface area contributed by atoms with Crippen LogP contribution in [0, 0.1) is 6.92 Å². The molecule has 0 aliphatic carbocycles. The van der Waals surface area contributed by atoms with Gasteiger partial charge in [0.1, 0.15) is 12.1 Å². The molecule has 2 heterocycles. The Kier molecular flexibility index (Phi) is 3.90. The van der Waals surface area contributed by atoms with Gasteiger partial charge in [-0.1, -0.05) is 6.07 Å². The maximum absolute atomic E-state index is 11.1. The zero-order chi connectivity index (χ0) is 16.4. The Morgan fingerprint density at radius 2 is 2.17 bits per heavy atom. The van der Waals surface area contributed by atoms with Gasteiger partial charge >= 0.3 is 5.97 Å². The number of benzene rings is 1. The number of anilines is 2. The summed E-state index contributed by atoms with van der Waals surface area (Å²) in [5.74, 6) is -0.457. The minimum atomic E-state index is -0.989. The predicted molar refractivity (Wildman–Crippen MR) is 83.8 cm³/mol. The lowest BCUT2D eigenvalue weighted by Crippen LogP contribution is -2.05. The molecule has 118 valence electrons. The van der Waals surface area contributed by atoms with Gasteiger partial charge < -0.3 is 15.5 Å². The summed E-state index contributed by atoms with van der Waals surface area (Å²) in [5, 5.41) is 26.2. The van der Waals surface area contributed by atoms with Gasteiger partial charge in [-0.05, 0) is 24.6 Å². The zero-order valence-corrected chi connectivity index (χ0v) is 12.4. The third kappa shape index (κ3) is 2.84. The minimum Gasteiger partial charge on any atom is -0.478 e. The Balaban J connectivity index is 2.02. The second-order valence-electron chi connectivity index (χ2n) is 5.01. The Hall–Kier alpha value is -3.00. The van der Waals surface area contributed by atoms with Gasteiger partial charge in [-0.2, -0.15) is 5.10 Å². The Bertz CT molecular complexity index is 875. The molecule has 2 aromatic heterocycles. The summed E-state index contributed by atoms with van der Waals surface area (Å²) in [6, 6.07) is 4.85. The molecule has 3 rings (SSSR count). The Labute approximate surface area is 131 Å². The largest absolute Gasteiger partial charge is 0.478 e. The summed E-state index contributed by atoms with van der Waals surface area (Å²) in [6.07, 6.45) is 3.01. The highest BCUT2D eigenvalue weighted by atomic mass is 16.4. The maximum atomic E-state index is 11.1. The highest BCUT2D eigenvalue weighted by Gasteiger charge is 2.12.